The minimum atomic E-state index is -3.35. The Balaban J connectivity index is 1.39. The molecule has 8 heteroatoms. The van der Waals surface area contributed by atoms with Crippen LogP contribution in [0.2, 0.25) is 0 Å². The lowest BCUT2D eigenvalue weighted by Gasteiger charge is -2.16. The third-order valence-electron chi connectivity index (χ3n) is 5.12. The predicted molar refractivity (Wildman–Crippen MR) is 111 cm³/mol. The summed E-state index contributed by atoms with van der Waals surface area (Å²) in [5, 5.41) is 6.53. The van der Waals surface area contributed by atoms with Gasteiger partial charge in [-0.2, -0.15) is 4.31 Å². The Kier molecular flexibility index (Phi) is 7.70. The fourth-order valence-corrected chi connectivity index (χ4v) is 4.70. The van der Waals surface area contributed by atoms with Gasteiger partial charge in [-0.1, -0.05) is 12.1 Å². The maximum absolute atomic E-state index is 12.6. The summed E-state index contributed by atoms with van der Waals surface area (Å²) < 4.78 is 32.3. The Morgan fingerprint density at radius 1 is 1.18 bits per heavy atom. The summed E-state index contributed by atoms with van der Waals surface area (Å²) >= 11 is 0. The molecule has 1 aromatic carbocycles. The van der Waals surface area contributed by atoms with Gasteiger partial charge in [-0.25, -0.2) is 8.42 Å². The summed E-state index contributed by atoms with van der Waals surface area (Å²) in [6, 6.07) is 7.10. The topological polar surface area (TPSA) is 83.0 Å². The molecule has 0 radical (unpaired) electrons. The van der Waals surface area contributed by atoms with Gasteiger partial charge in [-0.3, -0.25) is 4.99 Å². The molecule has 156 valence electrons. The molecular weight excluding hydrogens is 376 g/mol. The number of rotatable bonds is 10. The first kappa shape index (κ1) is 21.1. The van der Waals surface area contributed by atoms with Crippen LogP contribution in [0.1, 0.15) is 37.7 Å². The average molecular weight is 409 g/mol. The van der Waals surface area contributed by atoms with Gasteiger partial charge in [0.1, 0.15) is 0 Å². The van der Waals surface area contributed by atoms with E-state index in [1.165, 1.54) is 12.8 Å². The minimum absolute atomic E-state index is 0.367. The zero-order valence-electron chi connectivity index (χ0n) is 16.7. The quantitative estimate of drug-likeness (QED) is 0.351. The molecule has 1 aliphatic carbocycles. The molecule has 0 aromatic heterocycles. The summed E-state index contributed by atoms with van der Waals surface area (Å²) in [4.78, 5) is 4.59. The number of aliphatic imine (C=N–C) groups is 1. The van der Waals surface area contributed by atoms with Gasteiger partial charge in [0.25, 0.3) is 0 Å². The third-order valence-corrected chi connectivity index (χ3v) is 7.03. The monoisotopic (exact) mass is 408 g/mol. The van der Waals surface area contributed by atoms with E-state index >= 15 is 0 Å². The Labute approximate surface area is 168 Å². The van der Waals surface area contributed by atoms with Crippen LogP contribution >= 0.6 is 0 Å². The van der Waals surface area contributed by atoms with E-state index in [4.69, 9.17) is 4.74 Å². The van der Waals surface area contributed by atoms with E-state index in [1.54, 1.807) is 23.5 Å². The Morgan fingerprint density at radius 3 is 2.54 bits per heavy atom. The number of sulfonamides is 1. The average Bonchev–Trinajstić information content (AvgIpc) is 3.35. The molecule has 2 aliphatic rings. The van der Waals surface area contributed by atoms with Crippen LogP contribution in [0.15, 0.2) is 34.2 Å². The summed E-state index contributed by atoms with van der Waals surface area (Å²) in [5.41, 5.74) is 1.01. The summed E-state index contributed by atoms with van der Waals surface area (Å²) in [7, 11) is -1.61. The number of ether oxygens (including phenoxy) is 1. The lowest BCUT2D eigenvalue weighted by Crippen LogP contribution is -2.37. The van der Waals surface area contributed by atoms with Crippen molar-refractivity contribution in [3.63, 3.8) is 0 Å². The molecule has 0 unspecified atom stereocenters. The molecule has 1 saturated heterocycles. The molecule has 0 atom stereocenters. The molecule has 1 saturated carbocycles. The first-order valence-electron chi connectivity index (χ1n) is 10.2. The van der Waals surface area contributed by atoms with E-state index in [0.717, 1.165) is 56.5 Å². The maximum atomic E-state index is 12.6. The zero-order valence-corrected chi connectivity index (χ0v) is 17.5. The molecule has 2 fully saturated rings. The van der Waals surface area contributed by atoms with Crippen LogP contribution in [0.4, 0.5) is 0 Å². The molecule has 3 rings (SSSR count). The van der Waals surface area contributed by atoms with Gasteiger partial charge in [0.05, 0.1) is 4.90 Å². The highest BCUT2D eigenvalue weighted by atomic mass is 32.2. The van der Waals surface area contributed by atoms with Gasteiger partial charge >= 0.3 is 0 Å². The number of hydrogen-bond donors (Lipinski definition) is 2. The number of benzene rings is 1. The van der Waals surface area contributed by atoms with Crippen LogP contribution in [0, 0.1) is 5.92 Å². The van der Waals surface area contributed by atoms with Gasteiger partial charge in [0.2, 0.25) is 10.0 Å². The highest BCUT2D eigenvalue weighted by Gasteiger charge is 2.26. The van der Waals surface area contributed by atoms with Gasteiger partial charge in [-0.05, 0) is 55.7 Å². The highest BCUT2D eigenvalue weighted by Crippen LogP contribution is 2.28. The Hall–Kier alpha value is -1.64. The van der Waals surface area contributed by atoms with Crippen LogP contribution in [0.5, 0.6) is 0 Å². The van der Waals surface area contributed by atoms with Crippen LogP contribution in [0.3, 0.4) is 0 Å². The standard InChI is InChI=1S/C20H32N4O3S/c1-21-20(22-11-4-14-27-16-18-5-6-18)23-15-17-7-9-19(10-8-17)28(25,26)24-12-2-3-13-24/h7-10,18H,2-6,11-16H2,1H3,(H2,21,22,23). The SMILES string of the molecule is CN=C(NCCCOCC1CC1)NCc1ccc(S(=O)(=O)N2CCCC2)cc1. The van der Waals surface area contributed by atoms with Gasteiger partial charge < -0.3 is 15.4 Å². The first-order chi connectivity index (χ1) is 13.6. The van der Waals surface area contributed by atoms with Crippen molar-refractivity contribution in [1.82, 2.24) is 14.9 Å². The minimum Gasteiger partial charge on any atom is -0.381 e. The maximum Gasteiger partial charge on any atom is 0.243 e. The van der Waals surface area contributed by atoms with Crippen LogP contribution in [-0.2, 0) is 21.3 Å². The molecule has 0 spiro atoms. The molecule has 1 aromatic rings. The van der Waals surface area contributed by atoms with Crippen molar-refractivity contribution >= 4 is 16.0 Å². The van der Waals surface area contributed by atoms with E-state index in [9.17, 15) is 8.42 Å². The molecule has 7 nitrogen and oxygen atoms in total. The zero-order chi connectivity index (χ0) is 19.8. The van der Waals surface area contributed by atoms with Crippen molar-refractivity contribution < 1.29 is 13.2 Å². The van der Waals surface area contributed by atoms with Crippen molar-refractivity contribution in [2.45, 2.75) is 43.5 Å². The van der Waals surface area contributed by atoms with Gasteiger partial charge in [-0.15, -0.1) is 0 Å². The molecular formula is C20H32N4O3S. The second-order valence-corrected chi connectivity index (χ2v) is 9.42. The van der Waals surface area contributed by atoms with Crippen LogP contribution < -0.4 is 10.6 Å². The second-order valence-electron chi connectivity index (χ2n) is 7.48. The fraction of sp³-hybridized carbons (Fsp3) is 0.650. The number of nitrogens with one attached hydrogen (secondary N) is 2. The molecule has 0 bridgehead atoms. The summed E-state index contributed by atoms with van der Waals surface area (Å²) in [6.45, 7) is 4.31. The van der Waals surface area contributed by atoms with E-state index in [1.807, 2.05) is 12.1 Å². The van der Waals surface area contributed by atoms with Crippen molar-refractivity contribution in [1.29, 1.82) is 0 Å². The smallest absolute Gasteiger partial charge is 0.243 e. The largest absolute Gasteiger partial charge is 0.381 e. The molecule has 2 N–H and O–H groups in total. The van der Waals surface area contributed by atoms with Crippen LogP contribution in [-0.4, -0.2) is 58.6 Å². The predicted octanol–water partition coefficient (Wildman–Crippen LogP) is 1.95. The van der Waals surface area contributed by atoms with E-state index < -0.39 is 10.0 Å². The summed E-state index contributed by atoms with van der Waals surface area (Å²) in [5.74, 6) is 1.54. The lowest BCUT2D eigenvalue weighted by molar-refractivity contribution is 0.123. The number of guanidine groups is 1. The second kappa shape index (κ2) is 10.2. The first-order valence-corrected chi connectivity index (χ1v) is 11.6. The molecule has 1 aliphatic heterocycles. The lowest BCUT2D eigenvalue weighted by atomic mass is 10.2. The Bertz CT molecular complexity index is 739. The van der Waals surface area contributed by atoms with E-state index in [0.29, 0.717) is 24.5 Å². The van der Waals surface area contributed by atoms with Crippen molar-refractivity contribution in [2.75, 3.05) is 39.9 Å². The molecule has 28 heavy (non-hydrogen) atoms. The normalized spacial score (nSPS) is 18.4. The van der Waals surface area contributed by atoms with Crippen molar-refractivity contribution in [3.8, 4) is 0 Å². The fourth-order valence-electron chi connectivity index (χ4n) is 3.18. The molecule has 0 amide bonds. The Morgan fingerprint density at radius 2 is 1.89 bits per heavy atom. The van der Waals surface area contributed by atoms with Crippen molar-refractivity contribution in [2.24, 2.45) is 10.9 Å². The van der Waals surface area contributed by atoms with Crippen molar-refractivity contribution in [3.05, 3.63) is 29.8 Å². The van der Waals surface area contributed by atoms with Gasteiger partial charge in [0, 0.05) is 46.4 Å². The van der Waals surface area contributed by atoms with Gasteiger partial charge in [0.15, 0.2) is 5.96 Å². The van der Waals surface area contributed by atoms with E-state index in [2.05, 4.69) is 15.6 Å². The van der Waals surface area contributed by atoms with E-state index in [-0.39, 0.29) is 0 Å². The third kappa shape index (κ3) is 6.18. The summed E-state index contributed by atoms with van der Waals surface area (Å²) in [6.07, 6.45) is 5.47. The van der Waals surface area contributed by atoms with Crippen LogP contribution in [0.25, 0.3) is 0 Å². The molecule has 1 heterocycles. The number of hydrogen-bond acceptors (Lipinski definition) is 4. The number of nitrogens with zero attached hydrogens (tertiary/aromatic N) is 2. The highest BCUT2D eigenvalue weighted by molar-refractivity contribution is 7.89.